The number of carboxylic acid groups (broad SMARTS) is 1. The van der Waals surface area contributed by atoms with E-state index in [2.05, 4.69) is 0 Å². The smallest absolute Gasteiger partial charge is 0.407 e. The largest absolute Gasteiger partial charge is 0.465 e. The molecule has 2 atom stereocenters. The van der Waals surface area contributed by atoms with E-state index in [4.69, 9.17) is 5.11 Å². The van der Waals surface area contributed by atoms with Gasteiger partial charge >= 0.3 is 6.09 Å². The summed E-state index contributed by atoms with van der Waals surface area (Å²) in [7, 11) is 0. The minimum Gasteiger partial charge on any atom is -0.465 e. The molecule has 6 heteroatoms. The number of nitrogens with zero attached hydrogens (tertiary/aromatic N) is 1. The van der Waals surface area contributed by atoms with Gasteiger partial charge in [-0.25, -0.2) is 13.6 Å². The van der Waals surface area contributed by atoms with Crippen molar-refractivity contribution in [3.63, 3.8) is 0 Å². The van der Waals surface area contributed by atoms with E-state index in [0.717, 1.165) is 6.07 Å². The van der Waals surface area contributed by atoms with Crippen LogP contribution in [0.3, 0.4) is 0 Å². The number of hydrogen-bond acceptors (Lipinski definition) is 2. The van der Waals surface area contributed by atoms with Crippen LogP contribution in [0, 0.1) is 11.6 Å². The quantitative estimate of drug-likeness (QED) is 0.904. The Kier molecular flexibility index (Phi) is 5.11. The van der Waals surface area contributed by atoms with Crippen LogP contribution in [0.2, 0.25) is 0 Å². The molecule has 1 aromatic rings. The van der Waals surface area contributed by atoms with Crippen molar-refractivity contribution in [2.45, 2.75) is 44.6 Å². The van der Waals surface area contributed by atoms with Crippen molar-refractivity contribution in [3.8, 4) is 0 Å². The van der Waals surface area contributed by atoms with Gasteiger partial charge in [-0.05, 0) is 42.9 Å². The summed E-state index contributed by atoms with van der Waals surface area (Å²) in [6.45, 7) is 2.18. The van der Waals surface area contributed by atoms with Crippen LogP contribution >= 0.6 is 0 Å². The van der Waals surface area contributed by atoms with Gasteiger partial charge in [-0.3, -0.25) is 9.69 Å². The van der Waals surface area contributed by atoms with E-state index in [1.807, 2.05) is 0 Å². The van der Waals surface area contributed by atoms with Gasteiger partial charge in [-0.1, -0.05) is 6.92 Å². The van der Waals surface area contributed by atoms with Crippen molar-refractivity contribution in [1.82, 2.24) is 4.90 Å². The van der Waals surface area contributed by atoms with E-state index in [9.17, 15) is 18.4 Å². The standard InChI is InChI=1S/C16H19F2NO3/c1-10(11-7-12(17)9-13(18)8-11)4-5-15(20)14-3-2-6-19(14)16(21)22/h7-10,14H,2-6H2,1H3,(H,21,22)/t10-,14?/m0/s1. The maximum absolute atomic E-state index is 13.2. The molecule has 0 spiro atoms. The van der Waals surface area contributed by atoms with Crippen molar-refractivity contribution < 1.29 is 23.5 Å². The molecule has 0 saturated carbocycles. The van der Waals surface area contributed by atoms with Gasteiger partial charge < -0.3 is 5.11 Å². The Morgan fingerprint density at radius 3 is 2.55 bits per heavy atom. The highest BCUT2D eigenvalue weighted by atomic mass is 19.1. The highest BCUT2D eigenvalue weighted by molar-refractivity contribution is 5.87. The number of benzene rings is 1. The lowest BCUT2D eigenvalue weighted by molar-refractivity contribution is -0.123. The molecular weight excluding hydrogens is 292 g/mol. The maximum Gasteiger partial charge on any atom is 0.407 e. The zero-order valence-corrected chi connectivity index (χ0v) is 12.4. The second-order valence-corrected chi connectivity index (χ2v) is 5.74. The fourth-order valence-corrected chi connectivity index (χ4v) is 2.88. The van der Waals surface area contributed by atoms with Crippen LogP contribution < -0.4 is 0 Å². The van der Waals surface area contributed by atoms with Crippen LogP contribution in [0.25, 0.3) is 0 Å². The third-order valence-electron chi connectivity index (χ3n) is 4.15. The highest BCUT2D eigenvalue weighted by Gasteiger charge is 2.33. The summed E-state index contributed by atoms with van der Waals surface area (Å²) in [6, 6.07) is 2.76. The van der Waals surface area contributed by atoms with Gasteiger partial charge in [0, 0.05) is 19.0 Å². The lowest BCUT2D eigenvalue weighted by Gasteiger charge is -2.21. The summed E-state index contributed by atoms with van der Waals surface area (Å²) < 4.78 is 26.4. The molecule has 1 aromatic carbocycles. The van der Waals surface area contributed by atoms with Crippen molar-refractivity contribution in [1.29, 1.82) is 0 Å². The zero-order valence-electron chi connectivity index (χ0n) is 12.4. The van der Waals surface area contributed by atoms with Gasteiger partial charge in [0.25, 0.3) is 0 Å². The van der Waals surface area contributed by atoms with Crippen LogP contribution in [0.4, 0.5) is 13.6 Å². The molecule has 1 N–H and O–H groups in total. The van der Waals surface area contributed by atoms with Gasteiger partial charge in [-0.2, -0.15) is 0 Å². The van der Waals surface area contributed by atoms with Crippen LogP contribution in [-0.2, 0) is 4.79 Å². The first-order chi connectivity index (χ1) is 10.4. The van der Waals surface area contributed by atoms with Gasteiger partial charge in [0.1, 0.15) is 11.6 Å². The first-order valence-corrected chi connectivity index (χ1v) is 7.36. The normalized spacial score (nSPS) is 19.2. The molecule has 1 heterocycles. The summed E-state index contributed by atoms with van der Waals surface area (Å²) in [4.78, 5) is 24.4. The molecule has 1 aliphatic rings. The number of Topliss-reactive ketones (excluding diaryl/α,β-unsaturated/α-hetero) is 1. The first kappa shape index (κ1) is 16.4. The number of ketones is 1. The second kappa shape index (κ2) is 6.85. The van der Waals surface area contributed by atoms with Gasteiger partial charge in [0.05, 0.1) is 6.04 Å². The van der Waals surface area contributed by atoms with Gasteiger partial charge in [0.15, 0.2) is 5.78 Å². The Labute approximate surface area is 127 Å². The number of hydrogen-bond donors (Lipinski definition) is 1. The summed E-state index contributed by atoms with van der Waals surface area (Å²) >= 11 is 0. The van der Waals surface area contributed by atoms with E-state index in [0.29, 0.717) is 31.4 Å². The highest BCUT2D eigenvalue weighted by Crippen LogP contribution is 2.25. The molecule has 1 fully saturated rings. The third kappa shape index (κ3) is 3.81. The Morgan fingerprint density at radius 2 is 1.95 bits per heavy atom. The zero-order chi connectivity index (χ0) is 16.3. The number of halogens is 2. The lowest BCUT2D eigenvalue weighted by Crippen LogP contribution is -2.39. The molecule has 4 nitrogen and oxygen atoms in total. The summed E-state index contributed by atoms with van der Waals surface area (Å²) in [6.07, 6.45) is 0.803. The minimum absolute atomic E-state index is 0.122. The Bertz CT molecular complexity index is 556. The average Bonchev–Trinajstić information content (AvgIpc) is 2.93. The van der Waals surface area contributed by atoms with E-state index < -0.39 is 23.8 Å². The molecule has 22 heavy (non-hydrogen) atoms. The predicted molar refractivity (Wildman–Crippen MR) is 76.8 cm³/mol. The van der Waals surface area contributed by atoms with E-state index in [1.165, 1.54) is 17.0 Å². The van der Waals surface area contributed by atoms with Gasteiger partial charge in [0.2, 0.25) is 0 Å². The molecular formula is C16H19F2NO3. The van der Waals surface area contributed by atoms with Crippen molar-refractivity contribution >= 4 is 11.9 Å². The van der Waals surface area contributed by atoms with Crippen LogP contribution in [0.15, 0.2) is 18.2 Å². The van der Waals surface area contributed by atoms with Crippen molar-refractivity contribution in [2.75, 3.05) is 6.54 Å². The Hall–Kier alpha value is -1.98. The number of likely N-dealkylation sites (tertiary alicyclic amines) is 1. The molecule has 1 aliphatic heterocycles. The number of rotatable bonds is 5. The molecule has 1 unspecified atom stereocenters. The van der Waals surface area contributed by atoms with E-state index in [1.54, 1.807) is 6.92 Å². The van der Waals surface area contributed by atoms with Crippen LogP contribution in [0.5, 0.6) is 0 Å². The number of carbonyl (C=O) groups is 2. The predicted octanol–water partition coefficient (Wildman–Crippen LogP) is 3.56. The van der Waals surface area contributed by atoms with E-state index in [-0.39, 0.29) is 18.1 Å². The monoisotopic (exact) mass is 311 g/mol. The topological polar surface area (TPSA) is 57.6 Å². The molecule has 0 aromatic heterocycles. The fourth-order valence-electron chi connectivity index (χ4n) is 2.88. The molecule has 0 bridgehead atoms. The molecule has 2 rings (SSSR count). The number of carbonyl (C=O) groups excluding carboxylic acids is 1. The van der Waals surface area contributed by atoms with E-state index >= 15 is 0 Å². The molecule has 0 radical (unpaired) electrons. The second-order valence-electron chi connectivity index (χ2n) is 5.74. The Morgan fingerprint density at radius 1 is 1.32 bits per heavy atom. The SMILES string of the molecule is C[C@@H](CCC(=O)C1CCCN1C(=O)O)c1cc(F)cc(F)c1. The third-order valence-corrected chi connectivity index (χ3v) is 4.15. The molecule has 0 aliphatic carbocycles. The summed E-state index contributed by atoms with van der Waals surface area (Å²) in [5, 5.41) is 9.04. The molecule has 120 valence electrons. The first-order valence-electron chi connectivity index (χ1n) is 7.36. The summed E-state index contributed by atoms with van der Waals surface area (Å²) in [5.41, 5.74) is 0.506. The van der Waals surface area contributed by atoms with Crippen molar-refractivity contribution in [2.24, 2.45) is 0 Å². The summed E-state index contributed by atoms with van der Waals surface area (Å²) in [5.74, 6) is -1.57. The average molecular weight is 311 g/mol. The number of amides is 1. The lowest BCUT2D eigenvalue weighted by atomic mass is 9.93. The minimum atomic E-state index is -1.07. The van der Waals surface area contributed by atoms with Gasteiger partial charge in [-0.15, -0.1) is 0 Å². The Balaban J connectivity index is 1.94. The van der Waals surface area contributed by atoms with Crippen LogP contribution in [0.1, 0.15) is 44.1 Å². The van der Waals surface area contributed by atoms with Crippen LogP contribution in [-0.4, -0.2) is 34.5 Å². The molecule has 1 saturated heterocycles. The maximum atomic E-state index is 13.2. The fraction of sp³-hybridized carbons (Fsp3) is 0.500. The van der Waals surface area contributed by atoms with Crippen molar-refractivity contribution in [3.05, 3.63) is 35.4 Å². The molecule has 1 amide bonds.